The molecule has 0 aliphatic carbocycles. The standard InChI is InChI=1S/C28H32ClF2N5O2/c1-6-35(7-2)13-14-38-18(4)9-12-24(32-5)34-25-16-23-19(17-33-25)15-20(28(37)36(23)8-3)26-22(30)11-10-21(29)27(26)31/h9-12,15-17H,5-8,13-14H2,1-4H3,(H,33,34)/b18-9+,24-12+. The van der Waals surface area contributed by atoms with Crippen LogP contribution in [-0.2, 0) is 11.3 Å². The first-order valence-corrected chi connectivity index (χ1v) is 12.8. The number of ether oxygens (including phenoxy) is 1. The molecule has 0 saturated heterocycles. The second-order valence-corrected chi connectivity index (χ2v) is 8.85. The summed E-state index contributed by atoms with van der Waals surface area (Å²) in [4.78, 5) is 23.9. The molecule has 10 heteroatoms. The van der Waals surface area contributed by atoms with Gasteiger partial charge < -0.3 is 19.5 Å². The first kappa shape index (κ1) is 29.0. The van der Waals surface area contributed by atoms with Crippen LogP contribution in [0.2, 0.25) is 5.02 Å². The fraction of sp³-hybridized carbons (Fsp3) is 0.321. The summed E-state index contributed by atoms with van der Waals surface area (Å²) in [5, 5.41) is 3.33. The molecule has 0 fully saturated rings. The van der Waals surface area contributed by atoms with Crippen molar-refractivity contribution in [3.63, 3.8) is 0 Å². The van der Waals surface area contributed by atoms with Crippen LogP contribution in [0.1, 0.15) is 27.7 Å². The van der Waals surface area contributed by atoms with Gasteiger partial charge in [0.15, 0.2) is 5.82 Å². The van der Waals surface area contributed by atoms with Crippen molar-refractivity contribution in [2.45, 2.75) is 34.2 Å². The van der Waals surface area contributed by atoms with E-state index >= 15 is 0 Å². The number of fused-ring (bicyclic) bond motifs is 1. The van der Waals surface area contributed by atoms with Crippen LogP contribution in [0, 0.1) is 11.6 Å². The van der Waals surface area contributed by atoms with Crippen molar-refractivity contribution in [3.05, 3.63) is 81.2 Å². The smallest absolute Gasteiger partial charge is 0.259 e. The Labute approximate surface area is 226 Å². The summed E-state index contributed by atoms with van der Waals surface area (Å²) in [5.41, 5.74) is -0.600. The molecule has 1 aromatic carbocycles. The van der Waals surface area contributed by atoms with Crippen LogP contribution in [0.15, 0.2) is 64.0 Å². The number of rotatable bonds is 12. The highest BCUT2D eigenvalue weighted by atomic mass is 35.5. The van der Waals surface area contributed by atoms with Crippen molar-refractivity contribution >= 4 is 35.0 Å². The van der Waals surface area contributed by atoms with Gasteiger partial charge in [-0.1, -0.05) is 25.4 Å². The minimum absolute atomic E-state index is 0.130. The van der Waals surface area contributed by atoms with Crippen molar-refractivity contribution in [3.8, 4) is 11.1 Å². The predicted molar refractivity (Wildman–Crippen MR) is 151 cm³/mol. The number of nitrogens with zero attached hydrogens (tertiary/aromatic N) is 4. The molecule has 3 aromatic rings. The van der Waals surface area contributed by atoms with Gasteiger partial charge in [-0.15, -0.1) is 0 Å². The van der Waals surface area contributed by atoms with Crippen LogP contribution < -0.4 is 10.9 Å². The Morgan fingerprint density at radius 3 is 2.63 bits per heavy atom. The topological polar surface area (TPSA) is 71.8 Å². The quantitative estimate of drug-likeness (QED) is 0.127. The van der Waals surface area contributed by atoms with Gasteiger partial charge in [-0.2, -0.15) is 0 Å². The van der Waals surface area contributed by atoms with Crippen LogP contribution >= 0.6 is 11.6 Å². The Morgan fingerprint density at radius 1 is 1.24 bits per heavy atom. The van der Waals surface area contributed by atoms with Crippen LogP contribution in [-0.4, -0.2) is 47.4 Å². The lowest BCUT2D eigenvalue weighted by atomic mass is 10.0. The third-order valence-corrected chi connectivity index (χ3v) is 6.43. The summed E-state index contributed by atoms with van der Waals surface area (Å²) in [7, 11) is 0. The Bertz CT molecular complexity index is 1430. The number of halogens is 3. The van der Waals surface area contributed by atoms with Crippen LogP contribution in [0.3, 0.4) is 0 Å². The Hall–Kier alpha value is -3.56. The van der Waals surface area contributed by atoms with Gasteiger partial charge in [0.25, 0.3) is 5.56 Å². The van der Waals surface area contributed by atoms with E-state index in [0.29, 0.717) is 29.1 Å². The largest absolute Gasteiger partial charge is 0.497 e. The third-order valence-electron chi connectivity index (χ3n) is 6.14. The van der Waals surface area contributed by atoms with E-state index < -0.39 is 22.8 Å². The highest BCUT2D eigenvalue weighted by Gasteiger charge is 2.20. The molecule has 0 amide bonds. The number of allylic oxidation sites excluding steroid dienone is 3. The molecule has 202 valence electrons. The average Bonchev–Trinajstić information content (AvgIpc) is 2.91. The monoisotopic (exact) mass is 543 g/mol. The normalized spacial score (nSPS) is 12.3. The van der Waals surface area contributed by atoms with Gasteiger partial charge in [-0.25, -0.2) is 18.8 Å². The highest BCUT2D eigenvalue weighted by Crippen LogP contribution is 2.30. The van der Waals surface area contributed by atoms with Crippen LogP contribution in [0.5, 0.6) is 0 Å². The third kappa shape index (κ3) is 6.65. The average molecular weight is 544 g/mol. The van der Waals surface area contributed by atoms with Crippen molar-refractivity contribution in [1.82, 2.24) is 14.5 Å². The second-order valence-electron chi connectivity index (χ2n) is 8.44. The van der Waals surface area contributed by atoms with E-state index in [0.717, 1.165) is 37.5 Å². The maximum atomic E-state index is 14.7. The molecule has 7 nitrogen and oxygen atoms in total. The molecule has 0 aliphatic rings. The van der Waals surface area contributed by atoms with Gasteiger partial charge in [-0.05, 0) is 64.0 Å². The number of aryl methyl sites for hydroxylation is 1. The fourth-order valence-electron chi connectivity index (χ4n) is 3.99. The Balaban J connectivity index is 1.90. The number of aromatic nitrogens is 2. The lowest BCUT2D eigenvalue weighted by Crippen LogP contribution is -2.26. The SMILES string of the molecule is C=N/C(=C\C=C(/C)OCCN(CC)CC)Nc1cc2c(cn1)cc(-c1c(F)ccc(Cl)c1F)c(=O)n2CC. The summed E-state index contributed by atoms with van der Waals surface area (Å²) in [6.07, 6.45) is 5.01. The van der Waals surface area contributed by atoms with Crippen molar-refractivity contribution in [2.75, 3.05) is 31.6 Å². The summed E-state index contributed by atoms with van der Waals surface area (Å²) < 4.78 is 36.4. The number of aliphatic imine (C=N–C) groups is 1. The molecule has 2 aromatic heterocycles. The minimum atomic E-state index is -0.982. The van der Waals surface area contributed by atoms with E-state index in [-0.39, 0.29) is 17.1 Å². The van der Waals surface area contributed by atoms with Gasteiger partial charge in [0.2, 0.25) is 0 Å². The van der Waals surface area contributed by atoms with Crippen LogP contribution in [0.25, 0.3) is 22.0 Å². The number of pyridine rings is 2. The zero-order valence-corrected chi connectivity index (χ0v) is 22.8. The molecule has 0 saturated carbocycles. The first-order chi connectivity index (χ1) is 18.2. The van der Waals surface area contributed by atoms with E-state index in [2.05, 4.69) is 40.8 Å². The highest BCUT2D eigenvalue weighted by molar-refractivity contribution is 6.31. The number of anilines is 1. The van der Waals surface area contributed by atoms with Gasteiger partial charge >= 0.3 is 0 Å². The van der Waals surface area contributed by atoms with Gasteiger partial charge in [-0.3, -0.25) is 4.79 Å². The fourth-order valence-corrected chi connectivity index (χ4v) is 4.15. The Morgan fingerprint density at radius 2 is 1.97 bits per heavy atom. The molecule has 0 unspecified atom stereocenters. The molecule has 1 N–H and O–H groups in total. The van der Waals surface area contributed by atoms with Crippen molar-refractivity contribution < 1.29 is 13.5 Å². The van der Waals surface area contributed by atoms with Crippen molar-refractivity contribution in [1.29, 1.82) is 0 Å². The van der Waals surface area contributed by atoms with E-state index in [4.69, 9.17) is 16.3 Å². The van der Waals surface area contributed by atoms with Crippen molar-refractivity contribution in [2.24, 2.45) is 4.99 Å². The molecular weight excluding hydrogens is 512 g/mol. The molecule has 0 radical (unpaired) electrons. The summed E-state index contributed by atoms with van der Waals surface area (Å²) in [6.45, 7) is 15.1. The maximum absolute atomic E-state index is 14.7. The molecule has 0 aliphatic heterocycles. The van der Waals surface area contributed by atoms with Gasteiger partial charge in [0.1, 0.15) is 24.1 Å². The molecule has 0 atom stereocenters. The Kier molecular flexibility index (Phi) is 10.2. The number of benzene rings is 1. The molecule has 0 spiro atoms. The molecule has 38 heavy (non-hydrogen) atoms. The first-order valence-electron chi connectivity index (χ1n) is 12.4. The minimum Gasteiger partial charge on any atom is -0.497 e. The van der Waals surface area contributed by atoms with E-state index in [1.54, 1.807) is 25.1 Å². The number of nitrogens with one attached hydrogen (secondary N) is 1. The lowest BCUT2D eigenvalue weighted by molar-refractivity contribution is 0.165. The summed E-state index contributed by atoms with van der Waals surface area (Å²) in [5.74, 6) is -0.291. The van der Waals surface area contributed by atoms with Gasteiger partial charge in [0.05, 0.1) is 27.4 Å². The van der Waals surface area contributed by atoms with Gasteiger partial charge in [0, 0.05) is 30.7 Å². The number of hydrogen-bond donors (Lipinski definition) is 1. The van der Waals surface area contributed by atoms with E-state index in [1.165, 1.54) is 16.8 Å². The van der Waals surface area contributed by atoms with E-state index in [9.17, 15) is 13.6 Å². The van der Waals surface area contributed by atoms with Crippen LogP contribution in [0.4, 0.5) is 14.6 Å². The molecule has 3 rings (SSSR count). The lowest BCUT2D eigenvalue weighted by Gasteiger charge is -2.18. The zero-order valence-electron chi connectivity index (χ0n) is 22.0. The predicted octanol–water partition coefficient (Wildman–Crippen LogP) is 6.23. The van der Waals surface area contributed by atoms with E-state index in [1.807, 2.05) is 6.92 Å². The number of likely N-dealkylation sites (N-methyl/N-ethyl adjacent to an activating group) is 1. The molecule has 2 heterocycles. The maximum Gasteiger partial charge on any atom is 0.259 e. The summed E-state index contributed by atoms with van der Waals surface area (Å²) in [6, 6.07) is 5.24. The number of hydrogen-bond acceptors (Lipinski definition) is 6. The molecule has 0 bridgehead atoms. The molecular formula is C28H32ClF2N5O2. The zero-order chi connectivity index (χ0) is 27.8. The summed E-state index contributed by atoms with van der Waals surface area (Å²) >= 11 is 5.85. The second kappa shape index (κ2) is 13.3.